The molecule has 1 aliphatic rings. The second-order valence-corrected chi connectivity index (χ2v) is 7.79. The molecule has 0 unspecified atom stereocenters. The summed E-state index contributed by atoms with van der Waals surface area (Å²) < 4.78 is 59.5. The maximum atomic E-state index is 11.9. The Hall–Kier alpha value is -2.51. The Bertz CT molecular complexity index is 843. The first-order chi connectivity index (χ1) is 12.5. The number of carbonyl (C=O) groups excluding carboxylic acids is 3. The summed E-state index contributed by atoms with van der Waals surface area (Å²) in [6, 6.07) is 6.85. The number of imide groups is 1. The minimum absolute atomic E-state index is 0.0898. The van der Waals surface area contributed by atoms with Gasteiger partial charge in [0.15, 0.2) is 10.1 Å². The fourth-order valence-electron chi connectivity index (χ4n) is 1.84. The molecule has 28 heavy (non-hydrogen) atoms. The zero-order valence-corrected chi connectivity index (χ0v) is 15.8. The maximum absolute atomic E-state index is 11.9. The molecule has 2 amide bonds. The van der Waals surface area contributed by atoms with Crippen molar-refractivity contribution in [2.45, 2.75) is 18.3 Å². The highest BCUT2D eigenvalue weighted by molar-refractivity contribution is 7.86. The van der Waals surface area contributed by atoms with Crippen LogP contribution in [-0.2, 0) is 24.5 Å². The number of rotatable bonds is 3. The average Bonchev–Trinajstić information content (AvgIpc) is 2.85. The smallest absolute Gasteiger partial charge is 0.485 e. The highest BCUT2D eigenvalue weighted by Gasteiger charge is 2.37. The molecule has 0 spiro atoms. The first kappa shape index (κ1) is 23.5. The van der Waals surface area contributed by atoms with Gasteiger partial charge in [-0.15, -0.1) is 5.06 Å². The summed E-state index contributed by atoms with van der Waals surface area (Å²) in [7, 11) is -0.0638. The molecule has 1 saturated heterocycles. The van der Waals surface area contributed by atoms with Gasteiger partial charge in [0.2, 0.25) is 0 Å². The number of quaternary nitrogens is 1. The van der Waals surface area contributed by atoms with Crippen LogP contribution in [0.25, 0.3) is 0 Å². The molecule has 2 rings (SSSR count). The molecule has 1 aromatic carbocycles. The summed E-state index contributed by atoms with van der Waals surface area (Å²) in [5.74, 6) is -1.67. The van der Waals surface area contributed by atoms with E-state index in [1.54, 1.807) is 12.1 Å². The van der Waals surface area contributed by atoms with Gasteiger partial charge in [-0.2, -0.15) is 13.2 Å². The van der Waals surface area contributed by atoms with Crippen LogP contribution in [0.2, 0.25) is 0 Å². The summed E-state index contributed by atoms with van der Waals surface area (Å²) in [6.07, 6.45) is 0.180. The number of carbonyl (C=O) groups is 3. The molecule has 0 N–H and O–H groups in total. The quantitative estimate of drug-likeness (QED) is 0.308. The van der Waals surface area contributed by atoms with E-state index in [0.717, 1.165) is 5.69 Å². The minimum atomic E-state index is -6.09. The van der Waals surface area contributed by atoms with Crippen LogP contribution in [-0.4, -0.2) is 62.5 Å². The van der Waals surface area contributed by atoms with Gasteiger partial charge >= 0.3 is 11.5 Å². The van der Waals surface area contributed by atoms with E-state index in [9.17, 15) is 27.6 Å². The number of nitrogens with zero attached hydrogens (tertiary/aromatic N) is 2. The number of hydrogen-bond acceptors (Lipinski definition) is 7. The van der Waals surface area contributed by atoms with Crippen LogP contribution < -0.4 is 4.48 Å². The third-order valence-electron chi connectivity index (χ3n) is 3.34. The molecule has 0 aliphatic carbocycles. The Labute approximate surface area is 158 Å². The molecule has 1 aromatic rings. The molecular weight excluding hydrogens is 409 g/mol. The average molecular weight is 426 g/mol. The number of amides is 2. The lowest BCUT2D eigenvalue weighted by atomic mass is 10.2. The lowest BCUT2D eigenvalue weighted by molar-refractivity contribution is -0.172. The molecular formula is C15H17F3N2O7S. The third kappa shape index (κ3) is 6.28. The van der Waals surface area contributed by atoms with Crippen molar-refractivity contribution in [1.29, 1.82) is 0 Å². The first-order valence-electron chi connectivity index (χ1n) is 7.56. The number of halogens is 3. The molecule has 13 heteroatoms. The predicted molar refractivity (Wildman–Crippen MR) is 88.3 cm³/mol. The summed E-state index contributed by atoms with van der Waals surface area (Å²) in [5.41, 5.74) is -4.32. The van der Waals surface area contributed by atoms with E-state index in [1.165, 1.54) is 0 Å². The van der Waals surface area contributed by atoms with Gasteiger partial charge < -0.3 is 9.39 Å². The highest BCUT2D eigenvalue weighted by Crippen LogP contribution is 2.20. The fourth-order valence-corrected chi connectivity index (χ4v) is 1.84. The van der Waals surface area contributed by atoms with Crippen molar-refractivity contribution in [2.75, 3.05) is 21.1 Å². The van der Waals surface area contributed by atoms with E-state index < -0.39 is 33.4 Å². The van der Waals surface area contributed by atoms with Crippen molar-refractivity contribution >= 4 is 33.6 Å². The van der Waals surface area contributed by atoms with Gasteiger partial charge in [0.25, 0.3) is 11.8 Å². The molecule has 0 atom stereocenters. The SMILES string of the molecule is C[N+](C)(C)c1ccc(C(=O)ON2C(=O)CCC2=O)cc1.O=S(=O)([O-])C(F)(F)F. The molecule has 0 radical (unpaired) electrons. The van der Waals surface area contributed by atoms with Gasteiger partial charge in [-0.1, -0.05) is 0 Å². The van der Waals surface area contributed by atoms with Crippen molar-refractivity contribution in [1.82, 2.24) is 9.55 Å². The van der Waals surface area contributed by atoms with Gasteiger partial charge in [-0.3, -0.25) is 14.1 Å². The van der Waals surface area contributed by atoms with Gasteiger partial charge in [0.1, 0.15) is 5.69 Å². The van der Waals surface area contributed by atoms with Crippen LogP contribution in [0.3, 0.4) is 0 Å². The fraction of sp³-hybridized carbons (Fsp3) is 0.400. The molecule has 156 valence electrons. The molecule has 0 saturated carbocycles. The van der Waals surface area contributed by atoms with Crippen LogP contribution in [0.15, 0.2) is 24.3 Å². The van der Waals surface area contributed by atoms with E-state index >= 15 is 0 Å². The van der Waals surface area contributed by atoms with Crippen molar-refractivity contribution in [2.24, 2.45) is 0 Å². The third-order valence-corrected chi connectivity index (χ3v) is 3.91. The zero-order valence-electron chi connectivity index (χ0n) is 15.0. The number of alkyl halides is 3. The Morgan fingerprint density at radius 2 is 1.46 bits per heavy atom. The van der Waals surface area contributed by atoms with Crippen LogP contribution in [0, 0.1) is 0 Å². The van der Waals surface area contributed by atoms with Crippen molar-refractivity contribution in [3.63, 3.8) is 0 Å². The topological polar surface area (TPSA) is 121 Å². The number of hydroxylamine groups is 2. The Kier molecular flexibility index (Phi) is 6.93. The van der Waals surface area contributed by atoms with E-state index in [-0.39, 0.29) is 12.8 Å². The van der Waals surface area contributed by atoms with Crippen molar-refractivity contribution in [3.8, 4) is 0 Å². The van der Waals surface area contributed by atoms with E-state index in [2.05, 4.69) is 0 Å². The van der Waals surface area contributed by atoms with Gasteiger partial charge in [-0.25, -0.2) is 13.2 Å². The largest absolute Gasteiger partial charge is 0.741 e. The molecule has 9 nitrogen and oxygen atoms in total. The summed E-state index contributed by atoms with van der Waals surface area (Å²) >= 11 is 0. The zero-order chi connectivity index (χ0) is 21.9. The van der Waals surface area contributed by atoms with Crippen molar-refractivity contribution in [3.05, 3.63) is 29.8 Å². The second-order valence-electron chi connectivity index (χ2n) is 6.42. The van der Waals surface area contributed by atoms with Gasteiger partial charge in [0.05, 0.1) is 26.7 Å². The molecule has 0 bridgehead atoms. The second kappa shape index (κ2) is 8.24. The lowest BCUT2D eigenvalue weighted by Crippen LogP contribution is -2.34. The van der Waals surface area contributed by atoms with Crippen LogP contribution in [0.1, 0.15) is 23.2 Å². The number of benzene rings is 1. The first-order valence-corrected chi connectivity index (χ1v) is 8.97. The molecule has 1 heterocycles. The van der Waals surface area contributed by atoms with Gasteiger partial charge in [0, 0.05) is 12.8 Å². The Balaban J connectivity index is 0.000000416. The molecule has 1 fully saturated rings. The molecule has 1 aliphatic heterocycles. The normalized spacial score (nSPS) is 15.2. The summed E-state index contributed by atoms with van der Waals surface area (Å²) in [6.45, 7) is 0. The monoisotopic (exact) mass is 426 g/mol. The van der Waals surface area contributed by atoms with E-state index in [1.807, 2.05) is 33.3 Å². The minimum Gasteiger partial charge on any atom is -0.741 e. The lowest BCUT2D eigenvalue weighted by Gasteiger charge is -2.23. The maximum Gasteiger partial charge on any atom is 0.485 e. The van der Waals surface area contributed by atoms with Gasteiger partial charge in [-0.05, 0) is 24.3 Å². The van der Waals surface area contributed by atoms with E-state index in [4.69, 9.17) is 17.8 Å². The number of hydrogen-bond donors (Lipinski definition) is 0. The Morgan fingerprint density at radius 1 is 1.07 bits per heavy atom. The molecule has 0 aromatic heterocycles. The van der Waals surface area contributed by atoms with Crippen LogP contribution in [0.5, 0.6) is 0 Å². The van der Waals surface area contributed by atoms with Crippen LogP contribution in [0.4, 0.5) is 18.9 Å². The van der Waals surface area contributed by atoms with Crippen molar-refractivity contribution < 1.29 is 45.4 Å². The standard InChI is InChI=1S/C14H17N2O4.CHF3O3S/c1-16(2,3)11-6-4-10(5-7-11)14(19)20-15-12(17)8-9-13(15)18;2-1(3,4)8(5,6)7/h4-7H,8-9H2,1-3H3;(H,5,6,7)/q+1;/p-1. The summed E-state index contributed by atoms with van der Waals surface area (Å²) in [5, 5.41) is 0.552. The van der Waals surface area contributed by atoms with Crippen LogP contribution >= 0.6 is 0 Å². The predicted octanol–water partition coefficient (Wildman–Crippen LogP) is 1.16. The summed E-state index contributed by atoms with van der Waals surface area (Å²) in [4.78, 5) is 39.4. The van der Waals surface area contributed by atoms with E-state index in [0.29, 0.717) is 15.1 Å². The Morgan fingerprint density at radius 3 is 1.79 bits per heavy atom. The highest BCUT2D eigenvalue weighted by atomic mass is 32.2.